The van der Waals surface area contributed by atoms with E-state index in [0.717, 1.165) is 49.8 Å². The molecule has 0 aliphatic carbocycles. The van der Waals surface area contributed by atoms with E-state index in [0.29, 0.717) is 6.42 Å². The number of rotatable bonds is 9. The van der Waals surface area contributed by atoms with Crippen molar-refractivity contribution in [3.63, 3.8) is 0 Å². The van der Waals surface area contributed by atoms with Crippen LogP contribution in [-0.4, -0.2) is 78.6 Å². The first-order valence-electron chi connectivity index (χ1n) is 16.5. The lowest BCUT2D eigenvalue weighted by molar-refractivity contribution is -0.129. The normalized spacial score (nSPS) is 22.7. The Morgan fingerprint density at radius 2 is 1.67 bits per heavy atom. The molecule has 5 nitrogen and oxygen atoms in total. The minimum Gasteiger partial charge on any atom is -0.491 e. The lowest BCUT2D eigenvalue weighted by Gasteiger charge is -2.41. The Bertz CT molecular complexity index is 1340. The Balaban J connectivity index is 1.17. The number of benzene rings is 3. The molecule has 3 aromatic carbocycles. The largest absolute Gasteiger partial charge is 0.491 e. The van der Waals surface area contributed by atoms with Crippen LogP contribution in [0.4, 0.5) is 0 Å². The molecule has 0 N–H and O–H groups in total. The van der Waals surface area contributed by atoms with Crippen molar-refractivity contribution >= 4 is 16.7 Å². The summed E-state index contributed by atoms with van der Waals surface area (Å²) in [6, 6.07) is 24.4. The van der Waals surface area contributed by atoms with Gasteiger partial charge in [0.2, 0.25) is 5.91 Å². The fourth-order valence-electron chi connectivity index (χ4n) is 7.78. The molecule has 1 unspecified atom stereocenters. The monoisotopic (exact) mass is 567 g/mol. The molecule has 1 amide bonds. The van der Waals surface area contributed by atoms with Gasteiger partial charge in [-0.2, -0.15) is 0 Å². The minimum absolute atomic E-state index is 0.0250. The predicted molar refractivity (Wildman–Crippen MR) is 172 cm³/mol. The van der Waals surface area contributed by atoms with Crippen LogP contribution in [0.25, 0.3) is 10.8 Å². The van der Waals surface area contributed by atoms with Crippen LogP contribution in [0.2, 0.25) is 0 Å². The quantitative estimate of drug-likeness (QED) is 0.289. The van der Waals surface area contributed by atoms with Crippen LogP contribution >= 0.6 is 0 Å². The molecule has 224 valence electrons. The van der Waals surface area contributed by atoms with Crippen LogP contribution in [-0.2, 0) is 16.6 Å². The molecule has 0 bridgehead atoms. The Morgan fingerprint density at radius 1 is 0.905 bits per heavy atom. The van der Waals surface area contributed by atoms with E-state index in [9.17, 15) is 4.79 Å². The number of carbonyl (C=O) groups excluding carboxylic acids is 1. The molecule has 3 heterocycles. The number of amides is 1. The zero-order chi connectivity index (χ0) is 28.9. The number of piperidine rings is 2. The summed E-state index contributed by atoms with van der Waals surface area (Å²) in [4.78, 5) is 21.3. The van der Waals surface area contributed by atoms with Gasteiger partial charge in [-0.05, 0) is 119 Å². The van der Waals surface area contributed by atoms with E-state index in [2.05, 4.69) is 57.2 Å². The van der Waals surface area contributed by atoms with Gasteiger partial charge in [0.1, 0.15) is 5.75 Å². The maximum absolute atomic E-state index is 13.7. The van der Waals surface area contributed by atoms with Crippen LogP contribution in [0.15, 0.2) is 66.7 Å². The molecular formula is C37H49N3O2. The van der Waals surface area contributed by atoms with E-state index in [1.54, 1.807) is 0 Å². The summed E-state index contributed by atoms with van der Waals surface area (Å²) in [5.41, 5.74) is 2.42. The van der Waals surface area contributed by atoms with Crippen LogP contribution in [0, 0.1) is 0 Å². The second-order valence-corrected chi connectivity index (χ2v) is 13.3. The van der Waals surface area contributed by atoms with Gasteiger partial charge in [0.05, 0.1) is 12.5 Å². The highest BCUT2D eigenvalue weighted by atomic mass is 16.5. The molecule has 1 atom stereocenters. The zero-order valence-corrected chi connectivity index (χ0v) is 25.8. The van der Waals surface area contributed by atoms with E-state index in [1.165, 1.54) is 74.6 Å². The second kappa shape index (κ2) is 13.2. The van der Waals surface area contributed by atoms with Crippen molar-refractivity contribution in [2.45, 2.75) is 82.8 Å². The van der Waals surface area contributed by atoms with E-state index < -0.39 is 0 Å². The van der Waals surface area contributed by atoms with Gasteiger partial charge in [0, 0.05) is 24.5 Å². The summed E-state index contributed by atoms with van der Waals surface area (Å²) in [7, 11) is 0. The molecule has 0 aromatic heterocycles. The first-order valence-corrected chi connectivity index (χ1v) is 16.5. The minimum atomic E-state index is -0.0250. The standard InChI is InChI=1S/C37H49N3O2/c1-29(2)42-33-13-8-10-30(26-33)27-36(41)40-25-19-37(28-40,35-15-9-12-31-11-4-5-14-34(31)35)18-24-38-22-16-32(17-23-38)39-20-6-3-7-21-39/h4-5,8-15,26,29,32H,3,6-7,16-25,27-28H2,1-2H3. The molecule has 5 heteroatoms. The molecule has 42 heavy (non-hydrogen) atoms. The van der Waals surface area contributed by atoms with Crippen LogP contribution in [0.3, 0.4) is 0 Å². The third kappa shape index (κ3) is 6.68. The highest BCUT2D eigenvalue weighted by Gasteiger charge is 2.42. The SMILES string of the molecule is CC(C)Oc1cccc(CC(=O)N2CCC(CCN3CCC(N4CCCCC4)CC3)(c3cccc4ccccc34)C2)c1. The molecule has 3 aliphatic rings. The third-order valence-corrected chi connectivity index (χ3v) is 10.1. The summed E-state index contributed by atoms with van der Waals surface area (Å²) in [5.74, 6) is 1.06. The topological polar surface area (TPSA) is 36.0 Å². The Hall–Kier alpha value is -2.89. The van der Waals surface area contributed by atoms with Gasteiger partial charge < -0.3 is 19.4 Å². The van der Waals surface area contributed by atoms with Crippen molar-refractivity contribution < 1.29 is 9.53 Å². The smallest absolute Gasteiger partial charge is 0.227 e. The zero-order valence-electron chi connectivity index (χ0n) is 25.8. The Kier molecular flexibility index (Phi) is 9.16. The van der Waals surface area contributed by atoms with Crippen molar-refractivity contribution in [2.24, 2.45) is 0 Å². The predicted octanol–water partition coefficient (Wildman–Crippen LogP) is 6.68. The number of hydrogen-bond acceptors (Lipinski definition) is 4. The average Bonchev–Trinajstić information content (AvgIpc) is 3.46. The molecule has 3 aromatic rings. The van der Waals surface area contributed by atoms with Gasteiger partial charge in [0.25, 0.3) is 0 Å². The summed E-state index contributed by atoms with van der Waals surface area (Å²) < 4.78 is 5.89. The van der Waals surface area contributed by atoms with Crippen molar-refractivity contribution in [3.05, 3.63) is 77.9 Å². The van der Waals surface area contributed by atoms with Crippen LogP contribution < -0.4 is 4.74 Å². The molecule has 0 saturated carbocycles. The van der Waals surface area contributed by atoms with Gasteiger partial charge >= 0.3 is 0 Å². The van der Waals surface area contributed by atoms with Gasteiger partial charge in [-0.1, -0.05) is 61.0 Å². The summed E-state index contributed by atoms with van der Waals surface area (Å²) in [6.07, 6.45) is 9.41. The van der Waals surface area contributed by atoms with E-state index >= 15 is 0 Å². The van der Waals surface area contributed by atoms with E-state index in [-0.39, 0.29) is 17.4 Å². The first-order chi connectivity index (χ1) is 20.5. The number of nitrogens with zero attached hydrogens (tertiary/aromatic N) is 3. The number of ether oxygens (including phenoxy) is 1. The average molecular weight is 568 g/mol. The maximum atomic E-state index is 13.7. The lowest BCUT2D eigenvalue weighted by atomic mass is 9.74. The summed E-state index contributed by atoms with van der Waals surface area (Å²) >= 11 is 0. The lowest BCUT2D eigenvalue weighted by Crippen LogP contribution is -2.47. The number of hydrogen-bond donors (Lipinski definition) is 0. The van der Waals surface area contributed by atoms with E-state index in [4.69, 9.17) is 4.74 Å². The van der Waals surface area contributed by atoms with Gasteiger partial charge in [-0.3, -0.25) is 4.79 Å². The fraction of sp³-hybridized carbons (Fsp3) is 0.541. The molecule has 3 aliphatic heterocycles. The second-order valence-electron chi connectivity index (χ2n) is 13.3. The highest BCUT2D eigenvalue weighted by Crippen LogP contribution is 2.42. The van der Waals surface area contributed by atoms with Gasteiger partial charge in [-0.15, -0.1) is 0 Å². The first kappa shape index (κ1) is 29.2. The molecule has 0 radical (unpaired) electrons. The number of carbonyl (C=O) groups is 1. The van der Waals surface area contributed by atoms with E-state index in [1.807, 2.05) is 38.1 Å². The molecular weight excluding hydrogens is 518 g/mol. The van der Waals surface area contributed by atoms with Crippen LogP contribution in [0.1, 0.15) is 69.9 Å². The van der Waals surface area contributed by atoms with Crippen molar-refractivity contribution in [2.75, 3.05) is 45.8 Å². The summed E-state index contributed by atoms with van der Waals surface area (Å²) in [5, 5.41) is 2.64. The number of fused-ring (bicyclic) bond motifs is 1. The Labute approximate surface area is 252 Å². The molecule has 3 saturated heterocycles. The summed E-state index contributed by atoms with van der Waals surface area (Å²) in [6.45, 7) is 11.8. The van der Waals surface area contributed by atoms with Crippen molar-refractivity contribution in [1.82, 2.24) is 14.7 Å². The van der Waals surface area contributed by atoms with Gasteiger partial charge in [-0.25, -0.2) is 0 Å². The highest BCUT2D eigenvalue weighted by molar-refractivity contribution is 5.87. The van der Waals surface area contributed by atoms with Crippen molar-refractivity contribution in [3.8, 4) is 5.75 Å². The maximum Gasteiger partial charge on any atom is 0.227 e. The Morgan fingerprint density at radius 3 is 2.48 bits per heavy atom. The van der Waals surface area contributed by atoms with Gasteiger partial charge in [0.15, 0.2) is 0 Å². The molecule has 0 spiro atoms. The van der Waals surface area contributed by atoms with Crippen LogP contribution in [0.5, 0.6) is 5.75 Å². The fourth-order valence-corrected chi connectivity index (χ4v) is 7.78. The molecule has 6 rings (SSSR count). The van der Waals surface area contributed by atoms with Crippen molar-refractivity contribution in [1.29, 1.82) is 0 Å². The molecule has 3 fully saturated rings. The third-order valence-electron chi connectivity index (χ3n) is 10.1. The number of likely N-dealkylation sites (tertiary alicyclic amines) is 3.